The lowest BCUT2D eigenvalue weighted by atomic mass is 9.87. The minimum absolute atomic E-state index is 0.186. The van der Waals surface area contributed by atoms with Gasteiger partial charge in [-0.3, -0.25) is 14.4 Å². The molecular formula is C30H38N4O4. The predicted octanol–water partition coefficient (Wildman–Crippen LogP) is 4.58. The molecule has 0 fully saturated rings. The molecule has 38 heavy (non-hydrogen) atoms. The summed E-state index contributed by atoms with van der Waals surface area (Å²) >= 11 is 0. The molecule has 3 rings (SSSR count). The summed E-state index contributed by atoms with van der Waals surface area (Å²) in [5, 5.41) is 18.4. The van der Waals surface area contributed by atoms with Crippen LogP contribution in [0.4, 0.5) is 5.82 Å². The number of allylic oxidation sites excluding steroid dienone is 2. The number of hydrogen-bond donors (Lipinski definition) is 4. The zero-order valence-corrected chi connectivity index (χ0v) is 21.9. The maximum Gasteiger partial charge on any atom is 0.305 e. The summed E-state index contributed by atoms with van der Waals surface area (Å²) in [6.45, 7) is 2.65. The molecular weight excluding hydrogens is 480 g/mol. The molecule has 0 spiro atoms. The van der Waals surface area contributed by atoms with E-state index in [-0.39, 0.29) is 24.2 Å². The molecule has 3 atom stereocenters. The SMILES string of the molecule is CCC[C@@H](NC(=O)CCCCNc1ccccn1)C(=O)NC(CC(=O)O)C1=CCC(c2ccccc2)C=C1. The smallest absolute Gasteiger partial charge is 0.305 e. The van der Waals surface area contributed by atoms with Crippen LogP contribution in [0.2, 0.25) is 0 Å². The maximum atomic E-state index is 13.1. The number of aromatic nitrogens is 1. The molecule has 1 aromatic heterocycles. The summed E-state index contributed by atoms with van der Waals surface area (Å²) in [5.41, 5.74) is 1.96. The van der Waals surface area contributed by atoms with E-state index in [2.05, 4.69) is 39.1 Å². The monoisotopic (exact) mass is 518 g/mol. The summed E-state index contributed by atoms with van der Waals surface area (Å²) in [6.07, 6.45) is 11.1. The van der Waals surface area contributed by atoms with Crippen LogP contribution < -0.4 is 16.0 Å². The second-order valence-electron chi connectivity index (χ2n) is 9.48. The topological polar surface area (TPSA) is 120 Å². The third kappa shape index (κ3) is 9.50. The first-order valence-corrected chi connectivity index (χ1v) is 13.4. The highest BCUT2D eigenvalue weighted by Gasteiger charge is 2.26. The number of carboxylic acid groups (broad SMARTS) is 1. The van der Waals surface area contributed by atoms with E-state index in [0.717, 1.165) is 24.2 Å². The third-order valence-electron chi connectivity index (χ3n) is 6.48. The van der Waals surface area contributed by atoms with Crippen LogP contribution in [0, 0.1) is 0 Å². The van der Waals surface area contributed by atoms with Crippen LogP contribution in [-0.4, -0.2) is 46.5 Å². The molecule has 0 saturated heterocycles. The Bertz CT molecular complexity index is 1100. The minimum Gasteiger partial charge on any atom is -0.481 e. The number of pyridine rings is 1. The van der Waals surface area contributed by atoms with Gasteiger partial charge < -0.3 is 21.1 Å². The lowest BCUT2D eigenvalue weighted by Crippen LogP contribution is -2.50. The van der Waals surface area contributed by atoms with Crippen molar-refractivity contribution in [3.63, 3.8) is 0 Å². The van der Waals surface area contributed by atoms with Crippen LogP contribution in [0.1, 0.15) is 63.4 Å². The molecule has 1 heterocycles. The molecule has 1 aliphatic carbocycles. The molecule has 0 radical (unpaired) electrons. The third-order valence-corrected chi connectivity index (χ3v) is 6.48. The van der Waals surface area contributed by atoms with Gasteiger partial charge in [0.25, 0.3) is 0 Å². The van der Waals surface area contributed by atoms with Gasteiger partial charge in [0.1, 0.15) is 11.9 Å². The Morgan fingerprint density at radius 3 is 2.50 bits per heavy atom. The standard InChI is InChI=1S/C30H38N4O4/c1-2-10-25(33-28(35)14-7-9-20-32-27-13-6-8-19-31-27)30(38)34-26(21-29(36)37)24-17-15-23(16-18-24)22-11-4-3-5-12-22/h3-6,8,11-13,15,17-19,23,25-26H,2,7,9-10,14,16,20-21H2,1H3,(H,31,32)(H,33,35)(H,34,38)(H,36,37)/t23?,25-,26?/m1/s1. The number of anilines is 1. The number of nitrogens with one attached hydrogen (secondary N) is 3. The van der Waals surface area contributed by atoms with Crippen molar-refractivity contribution in [2.24, 2.45) is 0 Å². The summed E-state index contributed by atoms with van der Waals surface area (Å²) in [4.78, 5) is 41.5. The number of aliphatic carboxylic acids is 1. The van der Waals surface area contributed by atoms with E-state index in [1.54, 1.807) is 6.20 Å². The molecule has 202 valence electrons. The number of carbonyl (C=O) groups is 3. The normalized spacial score (nSPS) is 16.1. The number of unbranched alkanes of at least 4 members (excludes halogenated alkanes) is 1. The second kappa shape index (κ2) is 15.3. The van der Waals surface area contributed by atoms with Gasteiger partial charge in [-0.2, -0.15) is 0 Å². The van der Waals surface area contributed by atoms with Crippen molar-refractivity contribution in [3.8, 4) is 0 Å². The van der Waals surface area contributed by atoms with Crippen LogP contribution in [0.3, 0.4) is 0 Å². The molecule has 4 N–H and O–H groups in total. The summed E-state index contributed by atoms with van der Waals surface area (Å²) in [7, 11) is 0. The van der Waals surface area contributed by atoms with Crippen molar-refractivity contribution >= 4 is 23.6 Å². The van der Waals surface area contributed by atoms with Gasteiger partial charge in [-0.15, -0.1) is 0 Å². The quantitative estimate of drug-likeness (QED) is 0.256. The van der Waals surface area contributed by atoms with Crippen molar-refractivity contribution in [1.82, 2.24) is 15.6 Å². The van der Waals surface area contributed by atoms with E-state index >= 15 is 0 Å². The summed E-state index contributed by atoms with van der Waals surface area (Å²) in [5.74, 6) is -0.528. The number of nitrogens with zero attached hydrogens (tertiary/aromatic N) is 1. The number of carboxylic acids is 1. The first-order valence-electron chi connectivity index (χ1n) is 13.4. The molecule has 2 amide bonds. The van der Waals surface area contributed by atoms with Crippen LogP contribution in [0.15, 0.2) is 78.5 Å². The average molecular weight is 519 g/mol. The predicted molar refractivity (Wildman–Crippen MR) is 149 cm³/mol. The van der Waals surface area contributed by atoms with E-state index < -0.39 is 18.1 Å². The maximum absolute atomic E-state index is 13.1. The zero-order chi connectivity index (χ0) is 27.2. The largest absolute Gasteiger partial charge is 0.481 e. The van der Waals surface area contributed by atoms with E-state index in [1.807, 2.05) is 55.5 Å². The van der Waals surface area contributed by atoms with Crippen LogP contribution in [-0.2, 0) is 14.4 Å². The van der Waals surface area contributed by atoms with Gasteiger partial charge in [-0.25, -0.2) is 4.98 Å². The number of hydrogen-bond acceptors (Lipinski definition) is 5. The average Bonchev–Trinajstić information content (AvgIpc) is 2.93. The Kier molecular flexibility index (Phi) is 11.6. The van der Waals surface area contributed by atoms with Gasteiger partial charge in [-0.05, 0) is 49.0 Å². The van der Waals surface area contributed by atoms with Gasteiger partial charge >= 0.3 is 5.97 Å². The number of amides is 2. The van der Waals surface area contributed by atoms with Crippen LogP contribution in [0.5, 0.6) is 0 Å². The van der Waals surface area contributed by atoms with Crippen LogP contribution in [0.25, 0.3) is 0 Å². The van der Waals surface area contributed by atoms with Crippen molar-refractivity contribution in [2.45, 2.75) is 69.9 Å². The molecule has 8 heteroatoms. The van der Waals surface area contributed by atoms with Gasteiger partial charge in [0.2, 0.25) is 11.8 Å². The van der Waals surface area contributed by atoms with E-state index in [9.17, 15) is 19.5 Å². The van der Waals surface area contributed by atoms with Crippen molar-refractivity contribution in [2.75, 3.05) is 11.9 Å². The molecule has 2 unspecified atom stereocenters. The zero-order valence-electron chi connectivity index (χ0n) is 21.9. The summed E-state index contributed by atoms with van der Waals surface area (Å²) < 4.78 is 0. The molecule has 2 aromatic rings. The van der Waals surface area contributed by atoms with E-state index in [0.29, 0.717) is 32.2 Å². The fourth-order valence-corrected chi connectivity index (χ4v) is 4.46. The molecule has 0 aliphatic heterocycles. The molecule has 8 nitrogen and oxygen atoms in total. The molecule has 0 bridgehead atoms. The van der Waals surface area contributed by atoms with E-state index in [4.69, 9.17) is 0 Å². The first kappa shape index (κ1) is 28.6. The first-order chi connectivity index (χ1) is 18.5. The fourth-order valence-electron chi connectivity index (χ4n) is 4.46. The number of benzene rings is 1. The molecule has 1 aromatic carbocycles. The second-order valence-corrected chi connectivity index (χ2v) is 9.48. The van der Waals surface area contributed by atoms with Crippen LogP contribution >= 0.6 is 0 Å². The Hall–Kier alpha value is -3.94. The fraction of sp³-hybridized carbons (Fsp3) is 0.400. The molecule has 0 saturated carbocycles. The Labute approximate surface area is 224 Å². The Balaban J connectivity index is 1.51. The Morgan fingerprint density at radius 1 is 1.05 bits per heavy atom. The number of rotatable bonds is 15. The van der Waals surface area contributed by atoms with Gasteiger partial charge in [0.15, 0.2) is 0 Å². The van der Waals surface area contributed by atoms with E-state index in [1.165, 1.54) is 5.56 Å². The summed E-state index contributed by atoms with van der Waals surface area (Å²) in [6, 6.07) is 14.4. The highest BCUT2D eigenvalue weighted by atomic mass is 16.4. The Morgan fingerprint density at radius 2 is 1.84 bits per heavy atom. The lowest BCUT2D eigenvalue weighted by Gasteiger charge is -2.26. The number of carbonyl (C=O) groups excluding carboxylic acids is 2. The van der Waals surface area contributed by atoms with Crippen molar-refractivity contribution in [1.29, 1.82) is 0 Å². The van der Waals surface area contributed by atoms with Crippen molar-refractivity contribution < 1.29 is 19.5 Å². The highest BCUT2D eigenvalue weighted by molar-refractivity contribution is 5.88. The minimum atomic E-state index is -0.995. The van der Waals surface area contributed by atoms with Gasteiger partial charge in [0.05, 0.1) is 12.5 Å². The van der Waals surface area contributed by atoms with Gasteiger partial charge in [-0.1, -0.05) is 68.0 Å². The van der Waals surface area contributed by atoms with Gasteiger partial charge in [0, 0.05) is 25.1 Å². The highest BCUT2D eigenvalue weighted by Crippen LogP contribution is 2.28. The molecule has 1 aliphatic rings. The lowest BCUT2D eigenvalue weighted by molar-refractivity contribution is -0.137. The van der Waals surface area contributed by atoms with Crippen molar-refractivity contribution in [3.05, 3.63) is 84.1 Å².